The van der Waals surface area contributed by atoms with E-state index in [0.717, 1.165) is 19.4 Å². The van der Waals surface area contributed by atoms with E-state index < -0.39 is 0 Å². The Balaban J connectivity index is 1.39. The van der Waals surface area contributed by atoms with Crippen LogP contribution in [0.1, 0.15) is 50.2 Å². The molecule has 31 heavy (non-hydrogen) atoms. The molecule has 2 aromatic carbocycles. The molecule has 1 N–H and O–H groups in total. The van der Waals surface area contributed by atoms with Gasteiger partial charge < -0.3 is 10.2 Å². The van der Waals surface area contributed by atoms with Crippen molar-refractivity contribution >= 4 is 5.91 Å². The Kier molecular flexibility index (Phi) is 7.09. The van der Waals surface area contributed by atoms with Crippen LogP contribution >= 0.6 is 0 Å². The third-order valence-electron chi connectivity index (χ3n) is 6.97. The van der Waals surface area contributed by atoms with Crippen molar-refractivity contribution < 1.29 is 4.79 Å². The number of piperidine rings is 1. The van der Waals surface area contributed by atoms with Crippen LogP contribution < -0.4 is 5.32 Å². The zero-order valence-electron chi connectivity index (χ0n) is 19.3. The van der Waals surface area contributed by atoms with Gasteiger partial charge in [-0.15, -0.1) is 0 Å². The summed E-state index contributed by atoms with van der Waals surface area (Å²) in [7, 11) is 4.18. The molecule has 4 heteroatoms. The number of fused-ring (bicyclic) bond motifs is 2. The summed E-state index contributed by atoms with van der Waals surface area (Å²) in [6, 6.07) is 18.5. The first-order valence-corrected chi connectivity index (χ1v) is 11.9. The molecule has 4 rings (SSSR count). The normalized spacial score (nSPS) is 23.3. The molecule has 2 aliphatic rings. The highest BCUT2D eigenvalue weighted by Gasteiger charge is 2.42. The van der Waals surface area contributed by atoms with Gasteiger partial charge in [0.25, 0.3) is 0 Å². The summed E-state index contributed by atoms with van der Waals surface area (Å²) in [6.07, 6.45) is 5.79. The number of benzene rings is 2. The second kappa shape index (κ2) is 9.97. The molecule has 0 spiro atoms. The lowest BCUT2D eigenvalue weighted by Crippen LogP contribution is -2.47. The summed E-state index contributed by atoms with van der Waals surface area (Å²) in [5.41, 5.74) is 4.90. The zero-order chi connectivity index (χ0) is 21.8. The van der Waals surface area contributed by atoms with E-state index in [0.29, 0.717) is 18.6 Å². The van der Waals surface area contributed by atoms with Gasteiger partial charge in [-0.05, 0) is 75.0 Å². The Morgan fingerprint density at radius 3 is 2.35 bits per heavy atom. The number of carbonyl (C=O) groups excluding carboxylic acids is 1. The van der Waals surface area contributed by atoms with Crippen LogP contribution in [-0.2, 0) is 17.9 Å². The van der Waals surface area contributed by atoms with Gasteiger partial charge in [0, 0.05) is 31.1 Å². The molecule has 2 bridgehead atoms. The second-order valence-electron chi connectivity index (χ2n) is 9.60. The second-order valence-corrected chi connectivity index (χ2v) is 9.60. The molecule has 4 nitrogen and oxygen atoms in total. The summed E-state index contributed by atoms with van der Waals surface area (Å²) < 4.78 is 0. The van der Waals surface area contributed by atoms with E-state index in [1.165, 1.54) is 48.1 Å². The van der Waals surface area contributed by atoms with Crippen molar-refractivity contribution in [1.82, 2.24) is 15.1 Å². The van der Waals surface area contributed by atoms with Crippen molar-refractivity contribution in [2.75, 3.05) is 20.6 Å². The van der Waals surface area contributed by atoms with Gasteiger partial charge in [0.1, 0.15) is 0 Å². The number of hydrogen-bond acceptors (Lipinski definition) is 3. The Bertz CT molecular complexity index is 862. The number of amides is 1. The molecule has 1 amide bonds. The quantitative estimate of drug-likeness (QED) is 0.675. The minimum Gasteiger partial charge on any atom is -0.352 e. The maximum Gasteiger partial charge on any atom is 0.223 e. The number of rotatable bonds is 8. The van der Waals surface area contributed by atoms with Crippen LogP contribution in [0.4, 0.5) is 0 Å². The average molecular weight is 420 g/mol. The van der Waals surface area contributed by atoms with E-state index in [-0.39, 0.29) is 11.8 Å². The fraction of sp³-hybridized carbons (Fsp3) is 0.519. The third kappa shape index (κ3) is 5.19. The molecule has 2 aliphatic heterocycles. The Labute approximate surface area is 187 Å². The molecule has 0 saturated carbocycles. The van der Waals surface area contributed by atoms with Gasteiger partial charge in [-0.1, -0.05) is 55.5 Å². The van der Waals surface area contributed by atoms with E-state index in [1.54, 1.807) is 0 Å². The predicted molar refractivity (Wildman–Crippen MR) is 128 cm³/mol. The number of nitrogens with one attached hydrogen (secondary N) is 1. The van der Waals surface area contributed by atoms with Gasteiger partial charge in [0.05, 0.1) is 0 Å². The van der Waals surface area contributed by atoms with Crippen molar-refractivity contribution in [2.45, 2.75) is 64.2 Å². The first-order valence-electron chi connectivity index (χ1n) is 11.9. The molecule has 0 aromatic heterocycles. The van der Waals surface area contributed by atoms with Gasteiger partial charge >= 0.3 is 0 Å². The maximum atomic E-state index is 13.0. The highest BCUT2D eigenvalue weighted by Crippen LogP contribution is 2.38. The largest absolute Gasteiger partial charge is 0.352 e. The first-order chi connectivity index (χ1) is 15.0. The van der Waals surface area contributed by atoms with Crippen molar-refractivity contribution in [3.8, 4) is 11.1 Å². The van der Waals surface area contributed by atoms with Gasteiger partial charge in [0.15, 0.2) is 0 Å². The Morgan fingerprint density at radius 1 is 1.03 bits per heavy atom. The zero-order valence-corrected chi connectivity index (χ0v) is 19.3. The van der Waals surface area contributed by atoms with Gasteiger partial charge in [-0.2, -0.15) is 0 Å². The van der Waals surface area contributed by atoms with Crippen LogP contribution in [0.25, 0.3) is 11.1 Å². The van der Waals surface area contributed by atoms with E-state index in [4.69, 9.17) is 0 Å². The molecule has 0 aliphatic carbocycles. The molecule has 2 aromatic rings. The lowest BCUT2D eigenvalue weighted by atomic mass is 9.89. The van der Waals surface area contributed by atoms with Gasteiger partial charge in [0.2, 0.25) is 5.91 Å². The third-order valence-corrected chi connectivity index (χ3v) is 6.97. The summed E-state index contributed by atoms with van der Waals surface area (Å²) >= 11 is 0. The minimum atomic E-state index is 0.170. The lowest BCUT2D eigenvalue weighted by molar-refractivity contribution is -0.127. The number of hydrogen-bond donors (Lipinski definition) is 1. The maximum absolute atomic E-state index is 13.0. The first kappa shape index (κ1) is 22.0. The predicted octanol–water partition coefficient (Wildman–Crippen LogP) is 4.68. The summed E-state index contributed by atoms with van der Waals surface area (Å²) in [6.45, 7) is 4.98. The smallest absolute Gasteiger partial charge is 0.223 e. The molecule has 0 radical (unpaired) electrons. The standard InChI is InChI=1S/C27H37N3O/c1-4-15-30-24-13-14-25(30)17-23(16-24)27(31)28-18-22-7-5-6-8-26(22)21-11-9-20(10-12-21)19-29(2)3/h5-12,23-25H,4,13-19H2,1-3H3,(H,28,31)/t24-,25-/m0/s1. The Morgan fingerprint density at radius 2 is 1.71 bits per heavy atom. The highest BCUT2D eigenvalue weighted by molar-refractivity contribution is 5.79. The van der Waals surface area contributed by atoms with E-state index in [1.807, 2.05) is 0 Å². The van der Waals surface area contributed by atoms with Crippen molar-refractivity contribution in [3.63, 3.8) is 0 Å². The van der Waals surface area contributed by atoms with Crippen LogP contribution in [-0.4, -0.2) is 48.4 Å². The number of nitrogens with zero attached hydrogens (tertiary/aromatic N) is 2. The summed E-state index contributed by atoms with van der Waals surface area (Å²) in [5.74, 6) is 0.410. The molecule has 166 valence electrons. The van der Waals surface area contributed by atoms with E-state index in [2.05, 4.69) is 84.7 Å². The number of carbonyl (C=O) groups is 1. The SMILES string of the molecule is CCCN1[C@H]2CC[C@H]1CC(C(=O)NCc1ccccc1-c1ccc(CN(C)C)cc1)C2. The van der Waals surface area contributed by atoms with Crippen LogP contribution in [0.2, 0.25) is 0 Å². The van der Waals surface area contributed by atoms with Crippen molar-refractivity contribution in [1.29, 1.82) is 0 Å². The minimum absolute atomic E-state index is 0.170. The van der Waals surface area contributed by atoms with Crippen molar-refractivity contribution in [2.24, 2.45) is 5.92 Å². The molecule has 2 atom stereocenters. The molecule has 2 saturated heterocycles. The fourth-order valence-corrected chi connectivity index (χ4v) is 5.55. The van der Waals surface area contributed by atoms with Crippen LogP contribution in [0.15, 0.2) is 48.5 Å². The highest BCUT2D eigenvalue weighted by atomic mass is 16.1. The monoisotopic (exact) mass is 419 g/mol. The molecular weight excluding hydrogens is 382 g/mol. The van der Waals surface area contributed by atoms with Gasteiger partial charge in [-0.25, -0.2) is 0 Å². The molecule has 2 heterocycles. The van der Waals surface area contributed by atoms with Crippen LogP contribution in [0.5, 0.6) is 0 Å². The summed E-state index contributed by atoms with van der Waals surface area (Å²) in [5, 5.41) is 3.27. The fourth-order valence-electron chi connectivity index (χ4n) is 5.55. The van der Waals surface area contributed by atoms with Gasteiger partial charge in [-0.3, -0.25) is 9.69 Å². The molecular formula is C27H37N3O. The average Bonchev–Trinajstić information content (AvgIpc) is 2.99. The van der Waals surface area contributed by atoms with E-state index >= 15 is 0 Å². The molecule has 2 fully saturated rings. The van der Waals surface area contributed by atoms with Crippen molar-refractivity contribution in [3.05, 3.63) is 59.7 Å². The topological polar surface area (TPSA) is 35.6 Å². The summed E-state index contributed by atoms with van der Waals surface area (Å²) in [4.78, 5) is 17.9. The molecule has 0 unspecified atom stereocenters. The Hall–Kier alpha value is -2.17. The van der Waals surface area contributed by atoms with E-state index in [9.17, 15) is 4.79 Å². The lowest BCUT2D eigenvalue weighted by Gasteiger charge is -2.38. The van der Waals surface area contributed by atoms with Crippen LogP contribution in [0, 0.1) is 5.92 Å². The van der Waals surface area contributed by atoms with Crippen LogP contribution in [0.3, 0.4) is 0 Å².